The SMILES string of the molecule is COc1ccc(-c2nc(C(=O)NC3CCC(O)CC3)c(C)o2)c2c1oc1ccccc12. The molecule has 0 radical (unpaired) electrons. The Balaban J connectivity index is 1.54. The third kappa shape index (κ3) is 3.45. The molecule has 0 saturated heterocycles. The van der Waals surface area contributed by atoms with Crippen LogP contribution in [0.2, 0.25) is 0 Å². The highest BCUT2D eigenvalue weighted by Gasteiger charge is 2.26. The lowest BCUT2D eigenvalue weighted by Gasteiger charge is -2.25. The van der Waals surface area contributed by atoms with Crippen molar-refractivity contribution >= 4 is 27.8 Å². The molecule has 0 spiro atoms. The number of fused-ring (bicyclic) bond motifs is 3. The van der Waals surface area contributed by atoms with Crippen molar-refractivity contribution in [1.82, 2.24) is 10.3 Å². The van der Waals surface area contributed by atoms with E-state index in [1.807, 2.05) is 36.4 Å². The molecule has 0 bridgehead atoms. The molecule has 4 aromatic rings. The summed E-state index contributed by atoms with van der Waals surface area (Å²) in [5.41, 5.74) is 2.37. The minimum Gasteiger partial charge on any atom is -0.493 e. The van der Waals surface area contributed by atoms with Crippen LogP contribution in [0.5, 0.6) is 5.75 Å². The van der Waals surface area contributed by atoms with E-state index in [2.05, 4.69) is 10.3 Å². The number of rotatable bonds is 4. The van der Waals surface area contributed by atoms with E-state index in [-0.39, 0.29) is 23.7 Å². The van der Waals surface area contributed by atoms with Gasteiger partial charge in [-0.2, -0.15) is 0 Å². The second-order valence-electron chi connectivity index (χ2n) is 8.02. The number of nitrogens with one attached hydrogen (secondary N) is 1. The average Bonchev–Trinajstić information content (AvgIpc) is 3.36. The van der Waals surface area contributed by atoms with Crippen molar-refractivity contribution in [2.75, 3.05) is 7.11 Å². The first-order chi connectivity index (χ1) is 15.0. The Morgan fingerprint density at radius 1 is 1.13 bits per heavy atom. The quantitative estimate of drug-likeness (QED) is 0.501. The summed E-state index contributed by atoms with van der Waals surface area (Å²) in [6.45, 7) is 1.74. The van der Waals surface area contributed by atoms with Gasteiger partial charge in [0.15, 0.2) is 17.0 Å². The van der Waals surface area contributed by atoms with Crippen LogP contribution in [0.4, 0.5) is 0 Å². The lowest BCUT2D eigenvalue weighted by molar-refractivity contribution is 0.0862. The number of carbonyl (C=O) groups excluding carboxylic acids is 1. The van der Waals surface area contributed by atoms with Gasteiger partial charge < -0.3 is 24.0 Å². The Morgan fingerprint density at radius 3 is 2.68 bits per heavy atom. The van der Waals surface area contributed by atoms with Crippen LogP contribution in [-0.2, 0) is 0 Å². The molecule has 1 saturated carbocycles. The third-order valence-electron chi connectivity index (χ3n) is 5.98. The predicted molar refractivity (Wildman–Crippen MR) is 116 cm³/mol. The molecule has 1 aliphatic carbocycles. The number of ether oxygens (including phenoxy) is 1. The molecule has 31 heavy (non-hydrogen) atoms. The van der Waals surface area contributed by atoms with Crippen LogP contribution in [0.25, 0.3) is 33.4 Å². The Kier molecular flexibility index (Phi) is 4.90. The zero-order valence-corrected chi connectivity index (χ0v) is 17.5. The second kappa shape index (κ2) is 7.74. The Labute approximate surface area is 179 Å². The van der Waals surface area contributed by atoms with Crippen LogP contribution in [0, 0.1) is 6.92 Å². The number of aliphatic hydroxyl groups is 1. The molecule has 2 aromatic heterocycles. The predicted octanol–water partition coefficient (Wildman–Crippen LogP) is 4.59. The normalized spacial score (nSPS) is 19.1. The van der Waals surface area contributed by atoms with Gasteiger partial charge in [0.05, 0.1) is 13.2 Å². The van der Waals surface area contributed by atoms with Crippen LogP contribution in [0.15, 0.2) is 45.2 Å². The van der Waals surface area contributed by atoms with Crippen LogP contribution < -0.4 is 10.1 Å². The monoisotopic (exact) mass is 420 g/mol. The fourth-order valence-corrected chi connectivity index (χ4v) is 4.34. The summed E-state index contributed by atoms with van der Waals surface area (Å²) in [7, 11) is 1.60. The Bertz CT molecular complexity index is 1260. The molecule has 7 nitrogen and oxygen atoms in total. The Hall–Kier alpha value is -3.32. The first kappa shape index (κ1) is 19.6. The molecular formula is C24H24N2O5. The number of aromatic nitrogens is 1. The molecule has 1 aliphatic rings. The molecule has 7 heteroatoms. The molecule has 0 unspecified atom stereocenters. The van der Waals surface area contributed by atoms with Gasteiger partial charge in [0.1, 0.15) is 11.3 Å². The van der Waals surface area contributed by atoms with E-state index in [1.54, 1.807) is 14.0 Å². The summed E-state index contributed by atoms with van der Waals surface area (Å²) in [5.74, 6) is 1.19. The van der Waals surface area contributed by atoms with Crippen molar-refractivity contribution in [3.05, 3.63) is 47.9 Å². The molecule has 1 amide bonds. The lowest BCUT2D eigenvalue weighted by Crippen LogP contribution is -2.38. The van der Waals surface area contributed by atoms with Gasteiger partial charge in [-0.25, -0.2) is 4.98 Å². The number of para-hydroxylation sites is 1. The van der Waals surface area contributed by atoms with Crippen molar-refractivity contribution in [2.24, 2.45) is 0 Å². The minimum absolute atomic E-state index is 0.0426. The fraction of sp³-hybridized carbons (Fsp3) is 0.333. The maximum atomic E-state index is 12.9. The number of nitrogens with zero attached hydrogens (tertiary/aromatic N) is 1. The number of carbonyl (C=O) groups is 1. The lowest BCUT2D eigenvalue weighted by atomic mass is 9.93. The highest BCUT2D eigenvalue weighted by atomic mass is 16.5. The van der Waals surface area contributed by atoms with Gasteiger partial charge in [-0.15, -0.1) is 0 Å². The van der Waals surface area contributed by atoms with Gasteiger partial charge in [-0.05, 0) is 50.8 Å². The summed E-state index contributed by atoms with van der Waals surface area (Å²) in [6.07, 6.45) is 2.65. The first-order valence-electron chi connectivity index (χ1n) is 10.5. The zero-order valence-electron chi connectivity index (χ0n) is 17.5. The molecule has 2 aromatic carbocycles. The summed E-state index contributed by atoms with van der Waals surface area (Å²) in [5, 5.41) is 14.5. The van der Waals surface area contributed by atoms with Gasteiger partial charge in [-0.3, -0.25) is 4.79 Å². The standard InChI is InChI=1S/C24H24N2O5/c1-13-21(23(28)25-14-7-9-15(27)10-8-14)26-24(30-13)17-11-12-19(29-2)22-20(17)16-5-3-4-6-18(16)31-22/h3-6,11-12,14-15,27H,7-10H2,1-2H3,(H,25,28). The number of hydrogen-bond donors (Lipinski definition) is 2. The van der Waals surface area contributed by atoms with Gasteiger partial charge in [0.25, 0.3) is 5.91 Å². The van der Waals surface area contributed by atoms with Crippen molar-refractivity contribution < 1.29 is 23.5 Å². The number of aliphatic hydroxyl groups excluding tert-OH is 1. The number of furan rings is 1. The van der Waals surface area contributed by atoms with E-state index in [4.69, 9.17) is 13.6 Å². The molecule has 0 aliphatic heterocycles. The van der Waals surface area contributed by atoms with E-state index < -0.39 is 0 Å². The van der Waals surface area contributed by atoms with E-state index in [0.717, 1.165) is 34.8 Å². The summed E-state index contributed by atoms with van der Waals surface area (Å²) in [4.78, 5) is 17.4. The molecule has 160 valence electrons. The number of hydrogen-bond acceptors (Lipinski definition) is 6. The number of amides is 1. The maximum Gasteiger partial charge on any atom is 0.273 e. The second-order valence-corrected chi connectivity index (χ2v) is 8.02. The van der Waals surface area contributed by atoms with Gasteiger partial charge >= 0.3 is 0 Å². The average molecular weight is 420 g/mol. The smallest absolute Gasteiger partial charge is 0.273 e. The number of oxazole rings is 1. The number of aryl methyl sites for hydroxylation is 1. The summed E-state index contributed by atoms with van der Waals surface area (Å²) >= 11 is 0. The fourth-order valence-electron chi connectivity index (χ4n) is 4.34. The third-order valence-corrected chi connectivity index (χ3v) is 5.98. The van der Waals surface area contributed by atoms with Gasteiger partial charge in [-0.1, -0.05) is 18.2 Å². The van der Waals surface area contributed by atoms with E-state index in [0.29, 0.717) is 35.8 Å². The summed E-state index contributed by atoms with van der Waals surface area (Å²) < 4.78 is 17.5. The van der Waals surface area contributed by atoms with Gasteiger partial charge in [0, 0.05) is 22.4 Å². The van der Waals surface area contributed by atoms with E-state index in [1.165, 1.54) is 0 Å². The highest BCUT2D eigenvalue weighted by molar-refractivity contribution is 6.13. The zero-order chi connectivity index (χ0) is 21.5. The van der Waals surface area contributed by atoms with Crippen molar-refractivity contribution in [3.8, 4) is 17.2 Å². The van der Waals surface area contributed by atoms with Crippen molar-refractivity contribution in [2.45, 2.75) is 44.8 Å². The largest absolute Gasteiger partial charge is 0.493 e. The van der Waals surface area contributed by atoms with E-state index in [9.17, 15) is 9.90 Å². The Morgan fingerprint density at radius 2 is 1.90 bits per heavy atom. The number of benzene rings is 2. The molecule has 5 rings (SSSR count). The van der Waals surface area contributed by atoms with Crippen LogP contribution in [0.1, 0.15) is 41.9 Å². The first-order valence-corrected chi connectivity index (χ1v) is 10.5. The maximum absolute atomic E-state index is 12.9. The van der Waals surface area contributed by atoms with Crippen LogP contribution in [-0.4, -0.2) is 35.3 Å². The van der Waals surface area contributed by atoms with E-state index >= 15 is 0 Å². The summed E-state index contributed by atoms with van der Waals surface area (Å²) in [6, 6.07) is 11.5. The van der Waals surface area contributed by atoms with Crippen molar-refractivity contribution in [3.63, 3.8) is 0 Å². The van der Waals surface area contributed by atoms with Gasteiger partial charge in [0.2, 0.25) is 5.89 Å². The van der Waals surface area contributed by atoms with Crippen LogP contribution in [0.3, 0.4) is 0 Å². The number of methoxy groups -OCH3 is 1. The molecule has 2 N–H and O–H groups in total. The van der Waals surface area contributed by atoms with Crippen LogP contribution >= 0.6 is 0 Å². The minimum atomic E-state index is -0.268. The highest BCUT2D eigenvalue weighted by Crippen LogP contribution is 2.41. The molecule has 0 atom stereocenters. The molecule has 1 fully saturated rings. The molecule has 2 heterocycles. The molecular weight excluding hydrogens is 396 g/mol. The van der Waals surface area contributed by atoms with Crippen molar-refractivity contribution in [1.29, 1.82) is 0 Å². The topological polar surface area (TPSA) is 97.7 Å².